The lowest BCUT2D eigenvalue weighted by molar-refractivity contribution is 0.169. The van der Waals surface area contributed by atoms with Crippen LogP contribution in [-0.4, -0.2) is 40.2 Å². The van der Waals surface area contributed by atoms with E-state index < -0.39 is 0 Å². The van der Waals surface area contributed by atoms with E-state index in [0.717, 1.165) is 44.3 Å². The average Bonchev–Trinajstić information content (AvgIpc) is 3.20. The van der Waals surface area contributed by atoms with Gasteiger partial charge in [0.2, 0.25) is 11.7 Å². The van der Waals surface area contributed by atoms with E-state index in [0.29, 0.717) is 17.8 Å². The minimum atomic E-state index is 0.0891. The van der Waals surface area contributed by atoms with Crippen LogP contribution in [0.5, 0.6) is 0 Å². The molecule has 2 amide bonds. The molecule has 2 fully saturated rings. The fourth-order valence-electron chi connectivity index (χ4n) is 4.06. The number of carbonyl (C=O) groups is 1. The second kappa shape index (κ2) is 8.11. The summed E-state index contributed by atoms with van der Waals surface area (Å²) in [5, 5.41) is 7.35. The van der Waals surface area contributed by atoms with Crippen molar-refractivity contribution >= 4 is 6.03 Å². The first kappa shape index (κ1) is 18.0. The highest BCUT2D eigenvalue weighted by molar-refractivity contribution is 5.74. The van der Waals surface area contributed by atoms with E-state index >= 15 is 0 Å². The average molecular weight is 368 g/mol. The summed E-state index contributed by atoms with van der Waals surface area (Å²) < 4.78 is 5.53. The van der Waals surface area contributed by atoms with E-state index in [1.165, 1.54) is 24.8 Å². The number of hydrogen-bond donors (Lipinski definition) is 1. The summed E-state index contributed by atoms with van der Waals surface area (Å²) in [6.07, 6.45) is 7.73. The molecule has 0 radical (unpaired) electrons. The van der Waals surface area contributed by atoms with Gasteiger partial charge in [-0.2, -0.15) is 4.98 Å². The Morgan fingerprint density at radius 2 is 1.78 bits per heavy atom. The lowest BCUT2D eigenvalue weighted by atomic mass is 9.95. The number of hydrogen-bond acceptors (Lipinski definition) is 4. The van der Waals surface area contributed by atoms with Gasteiger partial charge in [-0.15, -0.1) is 0 Å². The van der Waals surface area contributed by atoms with Gasteiger partial charge in [0.05, 0.1) is 0 Å². The summed E-state index contributed by atoms with van der Waals surface area (Å²) in [6.45, 7) is 3.54. The molecule has 1 N–H and O–H groups in total. The number of nitrogens with zero attached hydrogens (tertiary/aromatic N) is 3. The van der Waals surface area contributed by atoms with E-state index in [1.54, 1.807) is 0 Å². The van der Waals surface area contributed by atoms with Gasteiger partial charge in [0.1, 0.15) is 0 Å². The summed E-state index contributed by atoms with van der Waals surface area (Å²) in [4.78, 5) is 19.0. The Labute approximate surface area is 160 Å². The number of carbonyl (C=O) groups excluding carboxylic acids is 1. The van der Waals surface area contributed by atoms with Crippen molar-refractivity contribution in [1.82, 2.24) is 20.4 Å². The van der Waals surface area contributed by atoms with Crippen LogP contribution in [0.25, 0.3) is 11.4 Å². The van der Waals surface area contributed by atoms with Crippen LogP contribution in [-0.2, 0) is 0 Å². The second-order valence-corrected chi connectivity index (χ2v) is 7.87. The smallest absolute Gasteiger partial charge is 0.317 e. The van der Waals surface area contributed by atoms with Crippen LogP contribution >= 0.6 is 0 Å². The minimum absolute atomic E-state index is 0.0891. The summed E-state index contributed by atoms with van der Waals surface area (Å²) >= 11 is 0. The van der Waals surface area contributed by atoms with Crippen LogP contribution in [0.4, 0.5) is 4.79 Å². The SMILES string of the molecule is Cc1ccc(-c2noc(C3CCN(C(=O)NC4CCCCC4)CC3)n2)cc1. The Kier molecular flexibility index (Phi) is 5.41. The van der Waals surface area contributed by atoms with E-state index in [2.05, 4.69) is 34.5 Å². The van der Waals surface area contributed by atoms with Gasteiger partial charge in [-0.25, -0.2) is 4.79 Å². The van der Waals surface area contributed by atoms with Gasteiger partial charge < -0.3 is 14.7 Å². The van der Waals surface area contributed by atoms with E-state index in [4.69, 9.17) is 4.52 Å². The molecule has 1 aromatic heterocycles. The molecule has 0 atom stereocenters. The third-order valence-corrected chi connectivity index (χ3v) is 5.82. The maximum Gasteiger partial charge on any atom is 0.317 e. The zero-order chi connectivity index (χ0) is 18.6. The predicted octanol–water partition coefficient (Wildman–Crippen LogP) is 4.27. The fraction of sp³-hybridized carbons (Fsp3) is 0.571. The van der Waals surface area contributed by atoms with E-state index in [1.807, 2.05) is 17.0 Å². The molecule has 1 saturated heterocycles. The van der Waals surface area contributed by atoms with Crippen LogP contribution in [0, 0.1) is 6.92 Å². The van der Waals surface area contributed by atoms with Gasteiger partial charge in [-0.3, -0.25) is 0 Å². The molecule has 1 aliphatic carbocycles. The van der Waals surface area contributed by atoms with Gasteiger partial charge in [0.15, 0.2) is 0 Å². The standard InChI is InChI=1S/C21H28N4O2/c1-15-7-9-16(10-8-15)19-23-20(27-24-19)17-11-13-25(14-12-17)21(26)22-18-5-3-2-4-6-18/h7-10,17-18H,2-6,11-14H2,1H3,(H,22,26). The van der Waals surface area contributed by atoms with Crippen molar-refractivity contribution in [2.75, 3.05) is 13.1 Å². The molecule has 0 unspecified atom stereocenters. The van der Waals surface area contributed by atoms with Crippen LogP contribution in [0.15, 0.2) is 28.8 Å². The monoisotopic (exact) mass is 368 g/mol. The number of rotatable bonds is 3. The summed E-state index contributed by atoms with van der Waals surface area (Å²) in [5.74, 6) is 1.57. The molecule has 1 saturated carbocycles. The predicted molar refractivity (Wildman–Crippen MR) is 103 cm³/mol. The van der Waals surface area contributed by atoms with Crippen molar-refractivity contribution < 1.29 is 9.32 Å². The molecule has 1 aliphatic heterocycles. The molecular weight excluding hydrogens is 340 g/mol. The maximum absolute atomic E-state index is 12.5. The molecule has 6 nitrogen and oxygen atoms in total. The number of aromatic nitrogens is 2. The highest BCUT2D eigenvalue weighted by Gasteiger charge is 2.28. The van der Waals surface area contributed by atoms with Crippen molar-refractivity contribution in [3.05, 3.63) is 35.7 Å². The highest BCUT2D eigenvalue weighted by atomic mass is 16.5. The van der Waals surface area contributed by atoms with E-state index in [-0.39, 0.29) is 11.9 Å². The zero-order valence-corrected chi connectivity index (χ0v) is 16.0. The lowest BCUT2D eigenvalue weighted by Crippen LogP contribution is -2.48. The molecular formula is C21H28N4O2. The Bertz CT molecular complexity index is 757. The molecule has 27 heavy (non-hydrogen) atoms. The fourth-order valence-corrected chi connectivity index (χ4v) is 4.06. The van der Waals surface area contributed by atoms with Crippen molar-refractivity contribution in [1.29, 1.82) is 0 Å². The van der Waals surface area contributed by atoms with E-state index in [9.17, 15) is 4.79 Å². The molecule has 0 spiro atoms. The van der Waals surface area contributed by atoms with Gasteiger partial charge in [-0.1, -0.05) is 54.2 Å². The Hall–Kier alpha value is -2.37. The molecule has 4 rings (SSSR count). The maximum atomic E-state index is 12.5. The number of urea groups is 1. The topological polar surface area (TPSA) is 71.3 Å². The molecule has 144 valence electrons. The Balaban J connectivity index is 1.31. The number of likely N-dealkylation sites (tertiary alicyclic amines) is 1. The Morgan fingerprint density at radius 3 is 2.48 bits per heavy atom. The first-order valence-electron chi connectivity index (χ1n) is 10.1. The Morgan fingerprint density at radius 1 is 1.07 bits per heavy atom. The zero-order valence-electron chi connectivity index (χ0n) is 16.0. The number of amides is 2. The number of aryl methyl sites for hydroxylation is 1. The molecule has 0 bridgehead atoms. The molecule has 2 aromatic rings. The molecule has 2 heterocycles. The van der Waals surface area contributed by atoms with Crippen LogP contribution < -0.4 is 5.32 Å². The van der Waals surface area contributed by atoms with Gasteiger partial charge in [0, 0.05) is 30.6 Å². The van der Waals surface area contributed by atoms with Crippen LogP contribution in [0.2, 0.25) is 0 Å². The first-order valence-corrected chi connectivity index (χ1v) is 10.1. The normalized spacial score (nSPS) is 19.2. The molecule has 6 heteroatoms. The summed E-state index contributed by atoms with van der Waals surface area (Å²) in [5.41, 5.74) is 2.18. The van der Waals surface area contributed by atoms with Gasteiger partial charge in [0.25, 0.3) is 0 Å². The summed E-state index contributed by atoms with van der Waals surface area (Å²) in [6, 6.07) is 8.58. The quantitative estimate of drug-likeness (QED) is 0.878. The van der Waals surface area contributed by atoms with Crippen molar-refractivity contribution in [2.45, 2.75) is 63.8 Å². The largest absolute Gasteiger partial charge is 0.339 e. The number of benzene rings is 1. The highest BCUT2D eigenvalue weighted by Crippen LogP contribution is 2.29. The lowest BCUT2D eigenvalue weighted by Gasteiger charge is -2.32. The third-order valence-electron chi connectivity index (χ3n) is 5.82. The third kappa shape index (κ3) is 4.31. The van der Waals surface area contributed by atoms with Crippen molar-refractivity contribution in [3.63, 3.8) is 0 Å². The van der Waals surface area contributed by atoms with Gasteiger partial charge >= 0.3 is 6.03 Å². The van der Waals surface area contributed by atoms with Gasteiger partial charge in [-0.05, 0) is 32.6 Å². The van der Waals surface area contributed by atoms with Crippen LogP contribution in [0.1, 0.15) is 62.3 Å². The number of piperidine rings is 1. The minimum Gasteiger partial charge on any atom is -0.339 e. The first-order chi connectivity index (χ1) is 13.2. The molecule has 2 aliphatic rings. The second-order valence-electron chi connectivity index (χ2n) is 7.87. The van der Waals surface area contributed by atoms with Crippen molar-refractivity contribution in [2.24, 2.45) is 0 Å². The van der Waals surface area contributed by atoms with Crippen molar-refractivity contribution in [3.8, 4) is 11.4 Å². The number of nitrogens with one attached hydrogen (secondary N) is 1. The molecule has 1 aromatic carbocycles. The summed E-state index contributed by atoms with van der Waals surface area (Å²) in [7, 11) is 0. The van der Waals surface area contributed by atoms with Crippen LogP contribution in [0.3, 0.4) is 0 Å².